The molecule has 0 radical (unpaired) electrons. The maximum Gasteiger partial charge on any atom is 0.253 e. The molecule has 1 atom stereocenters. The average molecular weight is 381 g/mol. The number of aryl methyl sites for hydroxylation is 2. The lowest BCUT2D eigenvalue weighted by molar-refractivity contribution is -0.142. The van der Waals surface area contributed by atoms with Crippen molar-refractivity contribution >= 4 is 22.7 Å². The Morgan fingerprint density at radius 2 is 1.79 bits per heavy atom. The summed E-state index contributed by atoms with van der Waals surface area (Å²) in [5.74, 6) is 0.154. The number of hydrogen-bond donors (Lipinski definition) is 1. The largest absolute Gasteiger partial charge is 0.368 e. The van der Waals surface area contributed by atoms with Gasteiger partial charge in [0.1, 0.15) is 6.10 Å². The molecule has 1 aromatic heterocycles. The second-order valence-corrected chi connectivity index (χ2v) is 8.17. The van der Waals surface area contributed by atoms with E-state index in [0.29, 0.717) is 32.8 Å². The number of benzene rings is 1. The van der Waals surface area contributed by atoms with Crippen molar-refractivity contribution in [3.8, 4) is 0 Å². The molecule has 0 saturated carbocycles. The summed E-state index contributed by atoms with van der Waals surface area (Å²) in [5.41, 5.74) is 4.61. The van der Waals surface area contributed by atoms with Crippen LogP contribution in [0.25, 0.3) is 10.9 Å². The maximum absolute atomic E-state index is 13.1. The highest BCUT2D eigenvalue weighted by Crippen LogP contribution is 2.30. The topological polar surface area (TPSA) is 65.6 Å². The third-order valence-electron chi connectivity index (χ3n) is 6.43. The fourth-order valence-electron chi connectivity index (χ4n) is 4.83. The van der Waals surface area contributed by atoms with Crippen LogP contribution in [0.5, 0.6) is 0 Å². The van der Waals surface area contributed by atoms with Gasteiger partial charge in [-0.25, -0.2) is 0 Å². The van der Waals surface area contributed by atoms with E-state index >= 15 is 0 Å². The van der Waals surface area contributed by atoms with Gasteiger partial charge in [0.05, 0.1) is 0 Å². The molecule has 6 heteroatoms. The molecule has 2 fully saturated rings. The van der Waals surface area contributed by atoms with Crippen molar-refractivity contribution in [3.63, 3.8) is 0 Å². The van der Waals surface area contributed by atoms with Crippen LogP contribution in [0.1, 0.15) is 47.3 Å². The summed E-state index contributed by atoms with van der Waals surface area (Å²) in [5, 5.41) is 1.20. The molecule has 0 spiro atoms. The lowest BCUT2D eigenvalue weighted by Crippen LogP contribution is -2.52. The number of rotatable bonds is 2. The maximum atomic E-state index is 13.1. The van der Waals surface area contributed by atoms with Gasteiger partial charge >= 0.3 is 0 Å². The van der Waals surface area contributed by atoms with Crippen LogP contribution in [0.2, 0.25) is 0 Å². The molecule has 6 nitrogen and oxygen atoms in total. The highest BCUT2D eigenvalue weighted by atomic mass is 16.5. The van der Waals surface area contributed by atoms with E-state index in [1.54, 1.807) is 0 Å². The number of carbonyl (C=O) groups excluding carboxylic acids is 2. The first-order valence-electron chi connectivity index (χ1n) is 10.5. The van der Waals surface area contributed by atoms with E-state index in [-0.39, 0.29) is 17.9 Å². The number of H-pyrrole nitrogens is 1. The fourth-order valence-corrected chi connectivity index (χ4v) is 4.83. The van der Waals surface area contributed by atoms with Crippen LogP contribution >= 0.6 is 0 Å². The number of hydrogen-bond acceptors (Lipinski definition) is 3. The number of aromatic amines is 1. The smallest absolute Gasteiger partial charge is 0.253 e. The van der Waals surface area contributed by atoms with Crippen molar-refractivity contribution in [2.45, 2.75) is 44.6 Å². The monoisotopic (exact) mass is 381 g/mol. The number of amides is 2. The summed E-state index contributed by atoms with van der Waals surface area (Å²) in [6.45, 7) is 3.03. The van der Waals surface area contributed by atoms with Gasteiger partial charge in [-0.1, -0.05) is 0 Å². The van der Waals surface area contributed by atoms with Crippen LogP contribution < -0.4 is 0 Å². The molecule has 1 aromatic carbocycles. The lowest BCUT2D eigenvalue weighted by atomic mass is 9.95. The van der Waals surface area contributed by atoms with Gasteiger partial charge < -0.3 is 19.5 Å². The molecule has 148 valence electrons. The minimum absolute atomic E-state index is 0.0666. The van der Waals surface area contributed by atoms with Crippen LogP contribution in [-0.2, 0) is 22.4 Å². The Bertz CT molecular complexity index is 905. The Kier molecular flexibility index (Phi) is 4.59. The summed E-state index contributed by atoms with van der Waals surface area (Å²) < 4.78 is 5.52. The number of ether oxygens (including phenoxy) is 1. The summed E-state index contributed by atoms with van der Waals surface area (Å²) in [7, 11) is 0. The van der Waals surface area contributed by atoms with Gasteiger partial charge in [-0.15, -0.1) is 0 Å². The highest BCUT2D eigenvalue weighted by Gasteiger charge is 2.31. The molecular formula is C22H27N3O3. The molecule has 2 aromatic rings. The number of piperazine rings is 1. The second kappa shape index (κ2) is 7.24. The van der Waals surface area contributed by atoms with Gasteiger partial charge in [-0.2, -0.15) is 0 Å². The molecule has 2 aliphatic heterocycles. The zero-order valence-electron chi connectivity index (χ0n) is 16.2. The van der Waals surface area contributed by atoms with Crippen LogP contribution in [0.3, 0.4) is 0 Å². The van der Waals surface area contributed by atoms with Crippen LogP contribution in [0.4, 0.5) is 0 Å². The molecule has 3 aliphatic rings. The molecule has 2 amide bonds. The molecule has 28 heavy (non-hydrogen) atoms. The number of nitrogens with one attached hydrogen (secondary N) is 1. The summed E-state index contributed by atoms with van der Waals surface area (Å²) in [6, 6.07) is 6.02. The van der Waals surface area contributed by atoms with E-state index in [1.165, 1.54) is 29.5 Å². The van der Waals surface area contributed by atoms with E-state index in [9.17, 15) is 9.59 Å². The third kappa shape index (κ3) is 3.09. The van der Waals surface area contributed by atoms with E-state index in [1.807, 2.05) is 21.9 Å². The number of fused-ring (bicyclic) bond motifs is 3. The van der Waals surface area contributed by atoms with Crippen LogP contribution in [-0.4, -0.2) is 65.5 Å². The minimum Gasteiger partial charge on any atom is -0.368 e. The number of carbonyl (C=O) groups is 2. The number of nitrogens with zero attached hydrogens (tertiary/aromatic N) is 2. The first-order valence-corrected chi connectivity index (χ1v) is 10.5. The van der Waals surface area contributed by atoms with Crippen molar-refractivity contribution < 1.29 is 14.3 Å². The predicted octanol–water partition coefficient (Wildman–Crippen LogP) is 2.51. The molecular weight excluding hydrogens is 354 g/mol. The van der Waals surface area contributed by atoms with E-state index < -0.39 is 0 Å². The van der Waals surface area contributed by atoms with Crippen molar-refractivity contribution in [2.75, 3.05) is 32.8 Å². The summed E-state index contributed by atoms with van der Waals surface area (Å²) >= 11 is 0. The van der Waals surface area contributed by atoms with Gasteiger partial charge in [0.2, 0.25) is 0 Å². The zero-order chi connectivity index (χ0) is 19.1. The molecule has 3 heterocycles. The normalized spacial score (nSPS) is 22.5. The van der Waals surface area contributed by atoms with E-state index in [0.717, 1.165) is 36.8 Å². The predicted molar refractivity (Wildman–Crippen MR) is 106 cm³/mol. The second-order valence-electron chi connectivity index (χ2n) is 8.17. The molecule has 0 bridgehead atoms. The number of aromatic nitrogens is 1. The minimum atomic E-state index is -0.274. The molecule has 5 rings (SSSR count). The Morgan fingerprint density at radius 3 is 2.57 bits per heavy atom. The van der Waals surface area contributed by atoms with Gasteiger partial charge in [0.15, 0.2) is 0 Å². The lowest BCUT2D eigenvalue weighted by Gasteiger charge is -2.35. The van der Waals surface area contributed by atoms with Gasteiger partial charge in [0.25, 0.3) is 11.8 Å². The van der Waals surface area contributed by atoms with Crippen LogP contribution in [0, 0.1) is 0 Å². The third-order valence-corrected chi connectivity index (χ3v) is 6.43. The summed E-state index contributed by atoms with van der Waals surface area (Å²) in [4.78, 5) is 32.8. The zero-order valence-corrected chi connectivity index (χ0v) is 16.2. The van der Waals surface area contributed by atoms with Crippen molar-refractivity contribution in [1.82, 2.24) is 14.8 Å². The van der Waals surface area contributed by atoms with Crippen LogP contribution in [0.15, 0.2) is 18.2 Å². The molecule has 1 N–H and O–H groups in total. The molecule has 1 unspecified atom stereocenters. The average Bonchev–Trinajstić information content (AvgIpc) is 3.40. The van der Waals surface area contributed by atoms with Crippen molar-refractivity contribution in [1.29, 1.82) is 0 Å². The quantitative estimate of drug-likeness (QED) is 0.869. The standard InChI is InChI=1S/C22H27N3O3/c26-21(24-9-11-25(12-10-24)22(27)20-6-3-13-28-20)15-7-8-19-17(14-15)16-4-1-2-5-18(16)23-19/h7-8,14,20,23H,1-6,9-13H2. The molecule has 2 saturated heterocycles. The first kappa shape index (κ1) is 17.7. The van der Waals surface area contributed by atoms with Gasteiger partial charge in [-0.05, 0) is 62.3 Å². The Morgan fingerprint density at radius 1 is 1.00 bits per heavy atom. The van der Waals surface area contributed by atoms with Crippen molar-refractivity contribution in [3.05, 3.63) is 35.0 Å². The van der Waals surface area contributed by atoms with Gasteiger partial charge in [-0.3, -0.25) is 9.59 Å². The van der Waals surface area contributed by atoms with Crippen molar-refractivity contribution in [2.24, 2.45) is 0 Å². The Labute approximate surface area is 164 Å². The Balaban J connectivity index is 1.28. The summed E-state index contributed by atoms with van der Waals surface area (Å²) in [6.07, 6.45) is 6.16. The fraction of sp³-hybridized carbons (Fsp3) is 0.545. The highest BCUT2D eigenvalue weighted by molar-refractivity contribution is 5.99. The first-order chi connectivity index (χ1) is 13.7. The van der Waals surface area contributed by atoms with E-state index in [2.05, 4.69) is 11.1 Å². The Hall–Kier alpha value is -2.34. The molecule has 1 aliphatic carbocycles. The van der Waals surface area contributed by atoms with E-state index in [4.69, 9.17) is 4.74 Å². The SMILES string of the molecule is O=C(c1ccc2[nH]c3c(c2c1)CCCC3)N1CCN(C(=O)C2CCCO2)CC1. The van der Waals surface area contributed by atoms with Gasteiger partial charge in [0, 0.05) is 54.9 Å².